The van der Waals surface area contributed by atoms with E-state index < -0.39 is 47.8 Å². The minimum Gasteiger partial charge on any atom is -0.381 e. The van der Waals surface area contributed by atoms with E-state index in [-0.39, 0.29) is 27.6 Å². The predicted octanol–water partition coefficient (Wildman–Crippen LogP) is 5.30. The number of alkyl halides is 4. The van der Waals surface area contributed by atoms with Crippen molar-refractivity contribution in [3.05, 3.63) is 89.6 Å². The Bertz CT molecular complexity index is 1560. The van der Waals surface area contributed by atoms with Crippen LogP contribution in [0.4, 0.5) is 17.6 Å². The number of hydrogen-bond acceptors (Lipinski definition) is 6. The van der Waals surface area contributed by atoms with Gasteiger partial charge in [0.25, 0.3) is 11.8 Å². The molecule has 0 unspecified atom stereocenters. The molecule has 0 radical (unpaired) electrons. The smallest absolute Gasteiger partial charge is 0.287 e. The van der Waals surface area contributed by atoms with Gasteiger partial charge in [0, 0.05) is 43.5 Å². The van der Waals surface area contributed by atoms with Gasteiger partial charge in [0.2, 0.25) is 9.84 Å². The predicted molar refractivity (Wildman–Crippen MR) is 131 cm³/mol. The number of hydrogen-bond donors (Lipinski definition) is 1. The molecule has 0 saturated carbocycles. The lowest BCUT2D eigenvalue weighted by molar-refractivity contribution is 0.0120. The molecule has 0 spiro atoms. The van der Waals surface area contributed by atoms with Gasteiger partial charge in [-0.2, -0.15) is 8.78 Å². The number of pyridine rings is 1. The van der Waals surface area contributed by atoms with Gasteiger partial charge in [-0.15, -0.1) is 0 Å². The van der Waals surface area contributed by atoms with Crippen molar-refractivity contribution in [3.63, 3.8) is 0 Å². The number of halogens is 4. The van der Waals surface area contributed by atoms with Crippen molar-refractivity contribution in [3.8, 4) is 0 Å². The molecule has 2 aromatic carbocycles. The van der Waals surface area contributed by atoms with E-state index in [9.17, 15) is 34.4 Å². The number of aromatic nitrogens is 1. The highest BCUT2D eigenvalue weighted by Gasteiger charge is 2.29. The maximum absolute atomic E-state index is 13.9. The first-order valence-electron chi connectivity index (χ1n) is 10.7. The third kappa shape index (κ3) is 6.75. The van der Waals surface area contributed by atoms with Crippen molar-refractivity contribution in [2.45, 2.75) is 47.1 Å². The maximum atomic E-state index is 13.9. The van der Waals surface area contributed by atoms with E-state index in [0.717, 1.165) is 30.5 Å². The van der Waals surface area contributed by atoms with E-state index in [1.165, 1.54) is 30.3 Å². The average molecular weight is 557 g/mol. The summed E-state index contributed by atoms with van der Waals surface area (Å²) in [6, 6.07) is 12.4. The standard InChI is InChI=1S/C25H24F4N2O4S2/c1-16(18-12-22(25(3,28)29)31-23(13-18)36(4,32)33)30-15-17-7-5-9-20(11-17)37(34,35)21-10-6-8-19(14-21)24(2,26)27/h5-14,30H,1,15H2,2-4H3. The zero-order valence-corrected chi connectivity index (χ0v) is 21.7. The highest BCUT2D eigenvalue weighted by atomic mass is 32.2. The highest BCUT2D eigenvalue weighted by molar-refractivity contribution is 7.91. The number of rotatable bonds is 9. The molecule has 0 amide bonds. The molecule has 1 aromatic heterocycles. The fourth-order valence-electron chi connectivity index (χ4n) is 3.30. The van der Waals surface area contributed by atoms with Gasteiger partial charge in [-0.1, -0.05) is 30.8 Å². The molecule has 37 heavy (non-hydrogen) atoms. The maximum Gasteiger partial charge on any atom is 0.287 e. The third-order valence-electron chi connectivity index (χ3n) is 5.35. The molecule has 1 heterocycles. The minimum atomic E-state index is -4.12. The van der Waals surface area contributed by atoms with Crippen LogP contribution in [0.25, 0.3) is 5.70 Å². The van der Waals surface area contributed by atoms with E-state index in [4.69, 9.17) is 0 Å². The van der Waals surface area contributed by atoms with E-state index in [0.29, 0.717) is 19.4 Å². The van der Waals surface area contributed by atoms with Gasteiger partial charge in [-0.3, -0.25) is 0 Å². The Morgan fingerprint density at radius 1 is 0.892 bits per heavy atom. The molecule has 1 N–H and O–H groups in total. The van der Waals surface area contributed by atoms with Gasteiger partial charge >= 0.3 is 0 Å². The fraction of sp³-hybridized carbons (Fsp3) is 0.240. The van der Waals surface area contributed by atoms with Crippen LogP contribution in [0.15, 0.2) is 82.1 Å². The van der Waals surface area contributed by atoms with Crippen LogP contribution >= 0.6 is 0 Å². The summed E-state index contributed by atoms with van der Waals surface area (Å²) in [5, 5.41) is 2.32. The second-order valence-corrected chi connectivity index (χ2v) is 12.6. The Balaban J connectivity index is 1.87. The zero-order chi connectivity index (χ0) is 27.8. The lowest BCUT2D eigenvalue weighted by Crippen LogP contribution is -2.16. The third-order valence-corrected chi connectivity index (χ3v) is 8.06. The molecule has 3 aromatic rings. The van der Waals surface area contributed by atoms with Crippen LogP contribution in [0.1, 0.15) is 36.2 Å². The Kier molecular flexibility index (Phi) is 7.58. The molecule has 0 aliphatic rings. The van der Waals surface area contributed by atoms with Crippen LogP contribution in [0.2, 0.25) is 0 Å². The average Bonchev–Trinajstić information content (AvgIpc) is 2.81. The number of nitrogens with zero attached hydrogens (tertiary/aromatic N) is 1. The summed E-state index contributed by atoms with van der Waals surface area (Å²) in [5.74, 6) is -6.62. The first-order chi connectivity index (χ1) is 16.9. The van der Waals surface area contributed by atoms with Crippen molar-refractivity contribution in [1.29, 1.82) is 0 Å². The van der Waals surface area contributed by atoms with Crippen molar-refractivity contribution in [2.75, 3.05) is 6.26 Å². The molecule has 0 fully saturated rings. The number of benzene rings is 2. The second-order valence-electron chi connectivity index (χ2n) is 8.64. The molecule has 12 heteroatoms. The second kappa shape index (κ2) is 9.90. The monoisotopic (exact) mass is 556 g/mol. The Labute approximate surface area is 212 Å². The van der Waals surface area contributed by atoms with Crippen LogP contribution in [-0.4, -0.2) is 28.1 Å². The van der Waals surface area contributed by atoms with E-state index >= 15 is 0 Å². The summed E-state index contributed by atoms with van der Waals surface area (Å²) in [4.78, 5) is 3.12. The summed E-state index contributed by atoms with van der Waals surface area (Å²) in [7, 11) is -8.02. The largest absolute Gasteiger partial charge is 0.381 e. The van der Waals surface area contributed by atoms with Gasteiger partial charge in [-0.05, 0) is 42.0 Å². The normalized spacial score (nSPS) is 12.8. The molecule has 3 rings (SSSR count). The summed E-state index contributed by atoms with van der Waals surface area (Å²) in [6.45, 7) is 5.03. The minimum absolute atomic E-state index is 0.00362. The van der Waals surface area contributed by atoms with Crippen LogP contribution in [0.3, 0.4) is 0 Å². The molecule has 0 saturated heterocycles. The Hall–Kier alpha value is -3.25. The lowest BCUT2D eigenvalue weighted by Gasteiger charge is -2.16. The summed E-state index contributed by atoms with van der Waals surface area (Å²) in [5.41, 5.74) is -0.568. The Morgan fingerprint density at radius 2 is 1.49 bits per heavy atom. The summed E-state index contributed by atoms with van der Waals surface area (Å²) >= 11 is 0. The molecule has 0 aliphatic heterocycles. The van der Waals surface area contributed by atoms with Crippen LogP contribution < -0.4 is 5.32 Å². The topological polar surface area (TPSA) is 93.2 Å². The van der Waals surface area contributed by atoms with Gasteiger partial charge in [-0.25, -0.2) is 30.6 Å². The van der Waals surface area contributed by atoms with Gasteiger partial charge < -0.3 is 5.32 Å². The molecular weight excluding hydrogens is 532 g/mol. The molecule has 198 valence electrons. The van der Waals surface area contributed by atoms with Crippen LogP contribution in [0, 0.1) is 0 Å². The van der Waals surface area contributed by atoms with Gasteiger partial charge in [0.05, 0.1) is 9.79 Å². The zero-order valence-electron chi connectivity index (χ0n) is 20.1. The van der Waals surface area contributed by atoms with Crippen LogP contribution in [0.5, 0.6) is 0 Å². The van der Waals surface area contributed by atoms with Crippen LogP contribution in [-0.2, 0) is 38.1 Å². The lowest BCUT2D eigenvalue weighted by atomic mass is 10.1. The first kappa shape index (κ1) is 28.3. The molecule has 0 atom stereocenters. The van der Waals surface area contributed by atoms with Gasteiger partial charge in [0.15, 0.2) is 14.9 Å². The quantitative estimate of drug-likeness (QED) is 0.360. The van der Waals surface area contributed by atoms with Crippen molar-refractivity contribution >= 4 is 25.4 Å². The number of sulfone groups is 2. The molecule has 0 aliphatic carbocycles. The Morgan fingerprint density at radius 3 is 2.05 bits per heavy atom. The van der Waals surface area contributed by atoms with E-state index in [2.05, 4.69) is 16.9 Å². The summed E-state index contributed by atoms with van der Waals surface area (Å²) < 4.78 is 105. The number of nitrogens with one attached hydrogen (secondary N) is 1. The first-order valence-corrected chi connectivity index (χ1v) is 14.1. The summed E-state index contributed by atoms with van der Waals surface area (Å²) in [6.07, 6.45) is 0.843. The fourth-order valence-corrected chi connectivity index (χ4v) is 5.28. The molecule has 0 bridgehead atoms. The van der Waals surface area contributed by atoms with Gasteiger partial charge in [0.1, 0.15) is 5.69 Å². The van der Waals surface area contributed by atoms with Crippen molar-refractivity contribution in [2.24, 2.45) is 0 Å². The van der Waals surface area contributed by atoms with Crippen molar-refractivity contribution < 1.29 is 34.4 Å². The molecular formula is C25H24F4N2O4S2. The highest BCUT2D eigenvalue weighted by Crippen LogP contribution is 2.31. The van der Waals surface area contributed by atoms with E-state index in [1.54, 1.807) is 6.07 Å². The molecule has 6 nitrogen and oxygen atoms in total. The van der Waals surface area contributed by atoms with E-state index in [1.807, 2.05) is 0 Å². The van der Waals surface area contributed by atoms with Crippen molar-refractivity contribution in [1.82, 2.24) is 10.3 Å². The SMILES string of the molecule is C=C(NCc1cccc(S(=O)(=O)c2cccc(C(C)(F)F)c2)c1)c1cc(C(C)(F)F)nc(S(C)(=O)=O)c1.